The van der Waals surface area contributed by atoms with Crippen LogP contribution < -0.4 is 4.72 Å². The van der Waals surface area contributed by atoms with Gasteiger partial charge in [0.15, 0.2) is 0 Å². The van der Waals surface area contributed by atoms with Crippen molar-refractivity contribution in [3.63, 3.8) is 0 Å². The minimum absolute atomic E-state index is 0.522. The number of likely N-dealkylation sites (tertiary alicyclic amines) is 1. The van der Waals surface area contributed by atoms with Crippen LogP contribution in [0.4, 0.5) is 0 Å². The van der Waals surface area contributed by atoms with Gasteiger partial charge in [0.25, 0.3) is 0 Å². The molecule has 126 valence electrons. The summed E-state index contributed by atoms with van der Waals surface area (Å²) in [6.07, 6.45) is 4.40. The minimum atomic E-state index is -3.09. The van der Waals surface area contributed by atoms with Crippen molar-refractivity contribution < 1.29 is 13.0 Å². The predicted molar refractivity (Wildman–Crippen MR) is 87.3 cm³/mol. The number of sulfonamides is 1. The van der Waals surface area contributed by atoms with E-state index in [4.69, 9.17) is 4.63 Å². The molecule has 8 heteroatoms. The van der Waals surface area contributed by atoms with Crippen LogP contribution in [-0.2, 0) is 16.6 Å². The zero-order valence-corrected chi connectivity index (χ0v) is 14.1. The lowest BCUT2D eigenvalue weighted by molar-refractivity contribution is 0.162. The minimum Gasteiger partial charge on any atom is -0.299 e. The molecule has 1 fully saturated rings. The molecule has 0 saturated carbocycles. The van der Waals surface area contributed by atoms with Gasteiger partial charge < -0.3 is 0 Å². The Bertz CT molecular complexity index is 759. The standard InChI is InChI=1S/C15H22N4O3S/c1-23(20,21)16-7-6-12-3-2-8-19(10-12)11-13-4-5-14-15(9-13)18-22-17-14/h4-5,9,12,16H,2-3,6-8,10-11H2,1H3/t12-/m1/s1. The van der Waals surface area contributed by atoms with Crippen molar-refractivity contribution in [2.24, 2.45) is 5.92 Å². The molecule has 0 unspecified atom stereocenters. The fourth-order valence-electron chi connectivity index (χ4n) is 3.16. The second-order valence-corrected chi connectivity index (χ2v) is 8.12. The highest BCUT2D eigenvalue weighted by atomic mass is 32.2. The molecule has 23 heavy (non-hydrogen) atoms. The molecule has 1 aliphatic rings. The van der Waals surface area contributed by atoms with E-state index < -0.39 is 10.0 Å². The lowest BCUT2D eigenvalue weighted by Gasteiger charge is -2.32. The maximum absolute atomic E-state index is 11.1. The fraction of sp³-hybridized carbons (Fsp3) is 0.600. The molecule has 2 heterocycles. The summed E-state index contributed by atoms with van der Waals surface area (Å²) in [4.78, 5) is 2.42. The molecule has 1 atom stereocenters. The van der Waals surface area contributed by atoms with Crippen molar-refractivity contribution in [1.29, 1.82) is 0 Å². The highest BCUT2D eigenvalue weighted by molar-refractivity contribution is 7.88. The fourth-order valence-corrected chi connectivity index (χ4v) is 3.65. The summed E-state index contributed by atoms with van der Waals surface area (Å²) in [7, 11) is -3.09. The highest BCUT2D eigenvalue weighted by Gasteiger charge is 2.20. The first-order valence-corrected chi connectivity index (χ1v) is 9.77. The summed E-state index contributed by atoms with van der Waals surface area (Å²) in [6, 6.07) is 6.00. The molecule has 0 aliphatic carbocycles. The first-order chi connectivity index (χ1) is 11.0. The van der Waals surface area contributed by atoms with Gasteiger partial charge in [-0.05, 0) is 59.7 Å². The van der Waals surface area contributed by atoms with Crippen LogP contribution in [0.1, 0.15) is 24.8 Å². The van der Waals surface area contributed by atoms with Gasteiger partial charge in [-0.15, -0.1) is 0 Å². The first-order valence-electron chi connectivity index (χ1n) is 7.88. The van der Waals surface area contributed by atoms with Gasteiger partial charge in [-0.2, -0.15) is 0 Å². The van der Waals surface area contributed by atoms with Crippen molar-refractivity contribution in [2.45, 2.75) is 25.8 Å². The van der Waals surface area contributed by atoms with E-state index in [9.17, 15) is 8.42 Å². The quantitative estimate of drug-likeness (QED) is 0.856. The van der Waals surface area contributed by atoms with Gasteiger partial charge in [0.2, 0.25) is 10.0 Å². The molecule has 7 nitrogen and oxygen atoms in total. The van der Waals surface area contributed by atoms with Crippen molar-refractivity contribution in [3.05, 3.63) is 23.8 Å². The predicted octanol–water partition coefficient (Wildman–Crippen LogP) is 1.37. The third kappa shape index (κ3) is 4.73. The van der Waals surface area contributed by atoms with Crippen molar-refractivity contribution >= 4 is 21.1 Å². The Morgan fingerprint density at radius 2 is 2.17 bits per heavy atom. The summed E-state index contributed by atoms with van der Waals surface area (Å²) in [5, 5.41) is 7.70. The smallest absolute Gasteiger partial charge is 0.208 e. The van der Waals surface area contributed by atoms with Crippen LogP contribution in [0.25, 0.3) is 11.0 Å². The number of aromatic nitrogens is 2. The number of nitrogens with zero attached hydrogens (tertiary/aromatic N) is 3. The number of fused-ring (bicyclic) bond motifs is 1. The number of hydrogen-bond donors (Lipinski definition) is 1. The Kier molecular flexibility index (Phi) is 4.93. The van der Waals surface area contributed by atoms with Gasteiger partial charge in [-0.1, -0.05) is 6.07 Å². The van der Waals surface area contributed by atoms with Gasteiger partial charge >= 0.3 is 0 Å². The zero-order chi connectivity index (χ0) is 16.3. The number of piperidine rings is 1. The average molecular weight is 338 g/mol. The topological polar surface area (TPSA) is 88.3 Å². The molecule has 0 bridgehead atoms. The monoisotopic (exact) mass is 338 g/mol. The number of benzene rings is 1. The lowest BCUT2D eigenvalue weighted by atomic mass is 9.94. The molecule has 0 spiro atoms. The summed E-state index contributed by atoms with van der Waals surface area (Å²) < 4.78 is 29.6. The van der Waals surface area contributed by atoms with Crippen LogP contribution in [0.15, 0.2) is 22.8 Å². The summed E-state index contributed by atoms with van der Waals surface area (Å²) in [5.41, 5.74) is 2.76. The van der Waals surface area contributed by atoms with E-state index in [0.717, 1.165) is 49.9 Å². The average Bonchev–Trinajstić information content (AvgIpc) is 2.94. The maximum atomic E-state index is 11.1. The van der Waals surface area contributed by atoms with Crippen molar-refractivity contribution in [3.8, 4) is 0 Å². The highest BCUT2D eigenvalue weighted by Crippen LogP contribution is 2.22. The number of nitrogens with one attached hydrogen (secondary N) is 1. The number of rotatable bonds is 6. The van der Waals surface area contributed by atoms with Crippen LogP contribution in [-0.4, -0.2) is 49.5 Å². The van der Waals surface area contributed by atoms with Gasteiger partial charge in [0.1, 0.15) is 11.0 Å². The summed E-state index contributed by atoms with van der Waals surface area (Å²) in [6.45, 7) is 3.47. The van der Waals surface area contributed by atoms with E-state index in [1.54, 1.807) is 0 Å². The summed E-state index contributed by atoms with van der Waals surface area (Å²) in [5.74, 6) is 0.537. The van der Waals surface area contributed by atoms with Crippen LogP contribution in [0, 0.1) is 5.92 Å². The Morgan fingerprint density at radius 3 is 3.00 bits per heavy atom. The van der Waals surface area contributed by atoms with E-state index in [0.29, 0.717) is 12.5 Å². The zero-order valence-electron chi connectivity index (χ0n) is 13.2. The van der Waals surface area contributed by atoms with Crippen LogP contribution in [0.3, 0.4) is 0 Å². The van der Waals surface area contributed by atoms with Gasteiger partial charge in [-0.25, -0.2) is 17.8 Å². The van der Waals surface area contributed by atoms with Crippen LogP contribution in [0.2, 0.25) is 0 Å². The van der Waals surface area contributed by atoms with Crippen molar-refractivity contribution in [2.75, 3.05) is 25.9 Å². The van der Waals surface area contributed by atoms with Gasteiger partial charge in [0.05, 0.1) is 6.26 Å². The van der Waals surface area contributed by atoms with Crippen LogP contribution in [0.5, 0.6) is 0 Å². The normalized spacial score (nSPS) is 20.1. The van der Waals surface area contributed by atoms with Gasteiger partial charge in [-0.3, -0.25) is 4.90 Å². The third-order valence-electron chi connectivity index (χ3n) is 4.24. The lowest BCUT2D eigenvalue weighted by Crippen LogP contribution is -2.36. The molecule has 1 aromatic heterocycles. The molecule has 1 N–H and O–H groups in total. The van der Waals surface area contributed by atoms with Gasteiger partial charge in [0, 0.05) is 19.6 Å². The molecule has 0 radical (unpaired) electrons. The van der Waals surface area contributed by atoms with E-state index in [-0.39, 0.29) is 0 Å². The second kappa shape index (κ2) is 6.94. The summed E-state index contributed by atoms with van der Waals surface area (Å²) >= 11 is 0. The Morgan fingerprint density at radius 1 is 1.35 bits per heavy atom. The molecule has 1 aliphatic heterocycles. The maximum Gasteiger partial charge on any atom is 0.208 e. The van der Waals surface area contributed by atoms with Crippen molar-refractivity contribution in [1.82, 2.24) is 19.9 Å². The van der Waals surface area contributed by atoms with E-state index in [2.05, 4.69) is 26.0 Å². The first kappa shape index (κ1) is 16.4. The third-order valence-corrected chi connectivity index (χ3v) is 4.97. The van der Waals surface area contributed by atoms with E-state index >= 15 is 0 Å². The molecule has 0 amide bonds. The Balaban J connectivity index is 1.53. The molecule has 1 aromatic carbocycles. The molecule has 3 rings (SSSR count). The number of hydrogen-bond acceptors (Lipinski definition) is 6. The second-order valence-electron chi connectivity index (χ2n) is 6.29. The van der Waals surface area contributed by atoms with E-state index in [1.807, 2.05) is 12.1 Å². The molecular weight excluding hydrogens is 316 g/mol. The van der Waals surface area contributed by atoms with E-state index in [1.165, 1.54) is 11.8 Å². The molecule has 2 aromatic rings. The Labute approximate surface area is 136 Å². The molecule has 1 saturated heterocycles. The molecular formula is C15H22N4O3S. The Hall–Kier alpha value is -1.51. The largest absolute Gasteiger partial charge is 0.299 e. The van der Waals surface area contributed by atoms with Crippen LogP contribution >= 0.6 is 0 Å². The SMILES string of the molecule is CS(=O)(=O)NCC[C@H]1CCCN(Cc2ccc3nonc3c2)C1.